The molecule has 0 unspecified atom stereocenters. The zero-order chi connectivity index (χ0) is 22.5. The van der Waals surface area contributed by atoms with E-state index in [1.54, 1.807) is 19.4 Å². The van der Waals surface area contributed by atoms with Crippen LogP contribution in [0.3, 0.4) is 0 Å². The lowest BCUT2D eigenvalue weighted by atomic mass is 10.2. The van der Waals surface area contributed by atoms with Gasteiger partial charge in [-0.1, -0.05) is 23.4 Å². The third kappa shape index (κ3) is 5.12. The molecule has 1 N–H and O–H groups in total. The third-order valence-corrected chi connectivity index (χ3v) is 5.78. The number of nitrogens with zero attached hydrogens (tertiary/aromatic N) is 3. The predicted octanol–water partition coefficient (Wildman–Crippen LogP) is 5.12. The van der Waals surface area contributed by atoms with Gasteiger partial charge in [0.15, 0.2) is 11.0 Å². The first-order valence-electron chi connectivity index (χ1n) is 9.51. The summed E-state index contributed by atoms with van der Waals surface area (Å²) < 4.78 is 25.8. The van der Waals surface area contributed by atoms with Crippen molar-refractivity contribution >= 4 is 35.0 Å². The van der Waals surface area contributed by atoms with Crippen LogP contribution in [0.2, 0.25) is 5.02 Å². The number of nitrogens with one attached hydrogen (secondary N) is 1. The molecule has 0 aliphatic rings. The van der Waals surface area contributed by atoms with Gasteiger partial charge in [0.1, 0.15) is 17.3 Å². The van der Waals surface area contributed by atoms with Gasteiger partial charge < -0.3 is 14.5 Å². The summed E-state index contributed by atoms with van der Waals surface area (Å²) in [5, 5.41) is 11.9. The summed E-state index contributed by atoms with van der Waals surface area (Å²) in [6.07, 6.45) is 1.60. The zero-order valence-corrected chi connectivity index (χ0v) is 18.5. The number of amides is 1. The van der Waals surface area contributed by atoms with Gasteiger partial charge in [0, 0.05) is 5.56 Å². The fourth-order valence-corrected chi connectivity index (χ4v) is 3.91. The van der Waals surface area contributed by atoms with E-state index in [1.807, 2.05) is 34.9 Å². The number of anilines is 1. The summed E-state index contributed by atoms with van der Waals surface area (Å²) in [5.41, 5.74) is 1.19. The molecular weight excluding hydrogens is 455 g/mol. The Morgan fingerprint density at radius 1 is 1.22 bits per heavy atom. The summed E-state index contributed by atoms with van der Waals surface area (Å²) in [4.78, 5) is 12.4. The summed E-state index contributed by atoms with van der Waals surface area (Å²) in [6, 6.07) is 14.9. The molecule has 0 saturated heterocycles. The molecule has 7 nitrogen and oxygen atoms in total. The van der Waals surface area contributed by atoms with Crippen LogP contribution in [0.25, 0.3) is 11.4 Å². The summed E-state index contributed by atoms with van der Waals surface area (Å²) in [6.45, 7) is 0.398. The van der Waals surface area contributed by atoms with E-state index in [-0.39, 0.29) is 16.7 Å². The number of rotatable bonds is 8. The fourth-order valence-electron chi connectivity index (χ4n) is 2.96. The number of benzene rings is 2. The van der Waals surface area contributed by atoms with Crippen molar-refractivity contribution in [3.63, 3.8) is 0 Å². The van der Waals surface area contributed by atoms with Crippen molar-refractivity contribution in [1.29, 1.82) is 0 Å². The molecule has 164 valence electrons. The Morgan fingerprint density at radius 2 is 2.03 bits per heavy atom. The van der Waals surface area contributed by atoms with Crippen LogP contribution in [0.15, 0.2) is 70.4 Å². The number of carbonyl (C=O) groups excluding carboxylic acids is 1. The highest BCUT2D eigenvalue weighted by atomic mass is 35.5. The molecule has 32 heavy (non-hydrogen) atoms. The fraction of sp³-hybridized carbons (Fsp3) is 0.136. The van der Waals surface area contributed by atoms with Gasteiger partial charge in [-0.2, -0.15) is 0 Å². The van der Waals surface area contributed by atoms with Crippen LogP contribution in [-0.4, -0.2) is 33.5 Å². The lowest BCUT2D eigenvalue weighted by molar-refractivity contribution is -0.113. The molecule has 2 aromatic carbocycles. The lowest BCUT2D eigenvalue weighted by Gasteiger charge is -2.10. The van der Waals surface area contributed by atoms with Crippen LogP contribution in [-0.2, 0) is 11.3 Å². The second kappa shape index (κ2) is 9.88. The maximum atomic E-state index is 13.2. The second-order valence-electron chi connectivity index (χ2n) is 6.66. The van der Waals surface area contributed by atoms with Crippen molar-refractivity contribution in [2.75, 3.05) is 18.2 Å². The van der Waals surface area contributed by atoms with Crippen molar-refractivity contribution in [3.05, 3.63) is 77.5 Å². The lowest BCUT2D eigenvalue weighted by Crippen LogP contribution is -2.15. The Bertz CT molecular complexity index is 1210. The van der Waals surface area contributed by atoms with Gasteiger partial charge in [-0.25, -0.2) is 4.39 Å². The largest absolute Gasteiger partial charge is 0.497 e. The van der Waals surface area contributed by atoms with Crippen molar-refractivity contribution in [2.24, 2.45) is 0 Å². The number of ether oxygens (including phenoxy) is 1. The van der Waals surface area contributed by atoms with Crippen molar-refractivity contribution < 1.29 is 18.3 Å². The number of furan rings is 1. The number of methoxy groups -OCH3 is 1. The molecule has 2 heterocycles. The standard InChI is InChI=1S/C22H18ClFN4O3S/c1-30-16-7-4-14(5-8-16)21-26-27-22(28(21)12-17-3-2-10-31-17)32-13-20(29)25-19-9-6-15(24)11-18(19)23/h2-11H,12-13H2,1H3,(H,25,29). The average molecular weight is 473 g/mol. The van der Waals surface area contributed by atoms with Gasteiger partial charge in [0.25, 0.3) is 0 Å². The summed E-state index contributed by atoms with van der Waals surface area (Å²) in [5.74, 6) is 1.38. The number of hydrogen-bond acceptors (Lipinski definition) is 6. The van der Waals surface area contributed by atoms with Gasteiger partial charge >= 0.3 is 0 Å². The van der Waals surface area contributed by atoms with Crippen LogP contribution < -0.4 is 10.1 Å². The van der Waals surface area contributed by atoms with E-state index >= 15 is 0 Å². The molecular formula is C22H18ClFN4O3S. The monoisotopic (exact) mass is 472 g/mol. The van der Waals surface area contributed by atoms with E-state index in [0.29, 0.717) is 23.2 Å². The van der Waals surface area contributed by atoms with Gasteiger partial charge in [0.2, 0.25) is 5.91 Å². The third-order valence-electron chi connectivity index (χ3n) is 4.50. The summed E-state index contributed by atoms with van der Waals surface area (Å²) in [7, 11) is 1.60. The zero-order valence-electron chi connectivity index (χ0n) is 16.9. The van der Waals surface area contributed by atoms with Gasteiger partial charge in [-0.05, 0) is 54.6 Å². The molecule has 0 spiro atoms. The van der Waals surface area contributed by atoms with Crippen molar-refractivity contribution in [2.45, 2.75) is 11.7 Å². The molecule has 0 aliphatic heterocycles. The van der Waals surface area contributed by atoms with Crippen LogP contribution in [0.4, 0.5) is 10.1 Å². The molecule has 4 rings (SSSR count). The molecule has 0 radical (unpaired) electrons. The minimum atomic E-state index is -0.473. The molecule has 0 saturated carbocycles. The minimum Gasteiger partial charge on any atom is -0.497 e. The van der Waals surface area contributed by atoms with Gasteiger partial charge in [-0.15, -0.1) is 10.2 Å². The highest BCUT2D eigenvalue weighted by molar-refractivity contribution is 7.99. The van der Waals surface area contributed by atoms with Crippen molar-refractivity contribution in [3.8, 4) is 17.1 Å². The smallest absolute Gasteiger partial charge is 0.234 e. The second-order valence-corrected chi connectivity index (χ2v) is 8.01. The highest BCUT2D eigenvalue weighted by Crippen LogP contribution is 2.27. The summed E-state index contributed by atoms with van der Waals surface area (Å²) >= 11 is 7.20. The Morgan fingerprint density at radius 3 is 2.72 bits per heavy atom. The molecule has 4 aromatic rings. The molecule has 10 heteroatoms. The first kappa shape index (κ1) is 21.9. The number of halogens is 2. The van der Waals surface area contributed by atoms with E-state index in [4.69, 9.17) is 20.8 Å². The van der Waals surface area contributed by atoms with E-state index in [2.05, 4.69) is 15.5 Å². The molecule has 0 fully saturated rings. The topological polar surface area (TPSA) is 82.2 Å². The molecule has 1 amide bonds. The quantitative estimate of drug-likeness (QED) is 0.358. The average Bonchev–Trinajstić information content (AvgIpc) is 3.45. The molecule has 0 atom stereocenters. The predicted molar refractivity (Wildman–Crippen MR) is 121 cm³/mol. The number of thioether (sulfide) groups is 1. The minimum absolute atomic E-state index is 0.0621. The Kier molecular flexibility index (Phi) is 6.77. The number of aromatic nitrogens is 3. The van der Waals surface area contributed by atoms with Crippen molar-refractivity contribution in [1.82, 2.24) is 14.8 Å². The Hall–Kier alpha value is -3.30. The molecule has 0 bridgehead atoms. The number of carbonyl (C=O) groups is 1. The number of hydrogen-bond donors (Lipinski definition) is 1. The maximum absolute atomic E-state index is 13.2. The van der Waals surface area contributed by atoms with E-state index in [0.717, 1.165) is 23.1 Å². The molecule has 2 aromatic heterocycles. The van der Waals surface area contributed by atoms with Crippen LogP contribution in [0.1, 0.15) is 5.76 Å². The first-order chi connectivity index (χ1) is 15.5. The Labute approximate surface area is 192 Å². The molecule has 0 aliphatic carbocycles. The first-order valence-corrected chi connectivity index (χ1v) is 10.9. The van der Waals surface area contributed by atoms with Crippen LogP contribution in [0, 0.1) is 5.82 Å². The van der Waals surface area contributed by atoms with Gasteiger partial charge in [-0.3, -0.25) is 9.36 Å². The normalized spacial score (nSPS) is 10.8. The van der Waals surface area contributed by atoms with Crippen LogP contribution >= 0.6 is 23.4 Å². The van der Waals surface area contributed by atoms with E-state index < -0.39 is 5.82 Å². The van der Waals surface area contributed by atoms with E-state index in [1.165, 1.54) is 23.9 Å². The van der Waals surface area contributed by atoms with Gasteiger partial charge in [0.05, 0.1) is 36.4 Å². The van der Waals surface area contributed by atoms with Crippen LogP contribution in [0.5, 0.6) is 5.75 Å². The van der Waals surface area contributed by atoms with E-state index in [9.17, 15) is 9.18 Å². The Balaban J connectivity index is 1.53. The highest BCUT2D eigenvalue weighted by Gasteiger charge is 2.17. The SMILES string of the molecule is COc1ccc(-c2nnc(SCC(=O)Nc3ccc(F)cc3Cl)n2Cc2ccco2)cc1. The maximum Gasteiger partial charge on any atom is 0.234 e.